The molecule has 12 heavy (non-hydrogen) atoms. The lowest BCUT2D eigenvalue weighted by atomic mass is 10.1. The quantitative estimate of drug-likeness (QED) is 0.583. The average molecular weight is 169 g/mol. The number of hydrogen-bond acceptors (Lipinski definition) is 2. The summed E-state index contributed by atoms with van der Waals surface area (Å²) in [5, 5.41) is 0. The maximum Gasteiger partial charge on any atom is 0.220 e. The number of carbonyl (C=O) groups is 2. The third kappa shape index (κ3) is 1.65. The fourth-order valence-corrected chi connectivity index (χ4v) is 1.78. The second-order valence-electron chi connectivity index (χ2n) is 3.64. The van der Waals surface area contributed by atoms with Crippen molar-refractivity contribution in [2.45, 2.75) is 33.2 Å². The highest BCUT2D eigenvalue weighted by atomic mass is 16.2. The molecule has 1 rings (SSSR count). The van der Waals surface area contributed by atoms with E-state index < -0.39 is 0 Å². The van der Waals surface area contributed by atoms with Crippen molar-refractivity contribution in [3.05, 3.63) is 0 Å². The normalized spacial score (nSPS) is 29.1. The average Bonchev–Trinajstić information content (AvgIpc) is 2.31. The Morgan fingerprint density at radius 3 is 2.25 bits per heavy atom. The first-order valence-electron chi connectivity index (χ1n) is 4.30. The molecule has 0 saturated carbocycles. The molecule has 0 bridgehead atoms. The van der Waals surface area contributed by atoms with Gasteiger partial charge >= 0.3 is 0 Å². The summed E-state index contributed by atoms with van der Waals surface area (Å²) in [6.45, 7) is 5.88. The zero-order valence-electron chi connectivity index (χ0n) is 7.83. The van der Waals surface area contributed by atoms with Gasteiger partial charge in [-0.3, -0.25) is 9.59 Å². The lowest BCUT2D eigenvalue weighted by Crippen LogP contribution is -2.38. The van der Waals surface area contributed by atoms with Gasteiger partial charge in [-0.05, 0) is 19.3 Å². The number of likely N-dealkylation sites (tertiary alicyclic amines) is 1. The number of amides is 1. The molecular weight excluding hydrogens is 154 g/mol. The largest absolute Gasteiger partial charge is 0.333 e. The van der Waals surface area contributed by atoms with Gasteiger partial charge in [-0.25, -0.2) is 0 Å². The summed E-state index contributed by atoms with van der Waals surface area (Å²) in [5.41, 5.74) is 0. The zero-order chi connectivity index (χ0) is 9.30. The number of hydrogen-bond donors (Lipinski definition) is 0. The molecule has 1 fully saturated rings. The molecule has 1 aliphatic heterocycles. The summed E-state index contributed by atoms with van der Waals surface area (Å²) < 4.78 is 0. The van der Waals surface area contributed by atoms with Gasteiger partial charge in [0.1, 0.15) is 0 Å². The molecule has 0 unspecified atom stereocenters. The SMILES string of the molecule is CC(=O)[C@@H]1C[C@H](C)CN1C(C)=O. The molecule has 0 N–H and O–H groups in total. The first kappa shape index (κ1) is 9.23. The van der Waals surface area contributed by atoms with Crippen molar-refractivity contribution < 1.29 is 9.59 Å². The molecule has 0 aliphatic carbocycles. The van der Waals surface area contributed by atoms with E-state index in [1.807, 2.05) is 0 Å². The van der Waals surface area contributed by atoms with E-state index in [9.17, 15) is 9.59 Å². The summed E-state index contributed by atoms with van der Waals surface area (Å²) in [5.74, 6) is 0.580. The van der Waals surface area contributed by atoms with E-state index in [-0.39, 0.29) is 17.7 Å². The van der Waals surface area contributed by atoms with Crippen molar-refractivity contribution in [1.82, 2.24) is 4.90 Å². The molecule has 3 nitrogen and oxygen atoms in total. The first-order valence-corrected chi connectivity index (χ1v) is 4.30. The van der Waals surface area contributed by atoms with E-state index in [1.165, 1.54) is 6.92 Å². The third-order valence-corrected chi connectivity index (χ3v) is 2.38. The summed E-state index contributed by atoms with van der Waals surface area (Å²) in [6.07, 6.45) is 0.828. The summed E-state index contributed by atoms with van der Waals surface area (Å²) in [7, 11) is 0. The maximum atomic E-state index is 11.1. The lowest BCUT2D eigenvalue weighted by Gasteiger charge is -2.20. The number of rotatable bonds is 1. The molecule has 1 saturated heterocycles. The van der Waals surface area contributed by atoms with E-state index in [1.54, 1.807) is 11.8 Å². The van der Waals surface area contributed by atoms with Crippen LogP contribution in [0.1, 0.15) is 27.2 Å². The molecule has 1 amide bonds. The molecule has 3 heteroatoms. The molecular formula is C9H15NO2. The minimum Gasteiger partial charge on any atom is -0.333 e. The Bertz CT molecular complexity index is 191. The monoisotopic (exact) mass is 169 g/mol. The van der Waals surface area contributed by atoms with Crippen LogP contribution in [0.3, 0.4) is 0 Å². The molecule has 0 aromatic rings. The highest BCUT2D eigenvalue weighted by Gasteiger charge is 2.33. The third-order valence-electron chi connectivity index (χ3n) is 2.38. The number of Topliss-reactive ketones (excluding diaryl/α,β-unsaturated/α-hetero) is 1. The molecule has 0 radical (unpaired) electrons. The molecule has 0 aromatic carbocycles. The number of nitrogens with zero attached hydrogens (tertiary/aromatic N) is 1. The van der Waals surface area contributed by atoms with Gasteiger partial charge < -0.3 is 4.90 Å². The van der Waals surface area contributed by atoms with Crippen molar-refractivity contribution in [2.75, 3.05) is 6.54 Å². The van der Waals surface area contributed by atoms with Crippen LogP contribution in [0.15, 0.2) is 0 Å². The Morgan fingerprint density at radius 1 is 1.33 bits per heavy atom. The highest BCUT2D eigenvalue weighted by molar-refractivity contribution is 5.87. The predicted molar refractivity (Wildman–Crippen MR) is 45.6 cm³/mol. The zero-order valence-corrected chi connectivity index (χ0v) is 7.83. The minimum absolute atomic E-state index is 0.0135. The minimum atomic E-state index is -0.155. The fraction of sp³-hybridized carbons (Fsp3) is 0.778. The van der Waals surface area contributed by atoms with Gasteiger partial charge in [0.25, 0.3) is 0 Å². The van der Waals surface area contributed by atoms with Crippen LogP contribution in [0.4, 0.5) is 0 Å². The Hall–Kier alpha value is -0.860. The molecule has 68 valence electrons. The number of carbonyl (C=O) groups excluding carboxylic acids is 2. The molecule has 0 aromatic heterocycles. The van der Waals surface area contributed by atoms with Crippen molar-refractivity contribution in [2.24, 2.45) is 5.92 Å². The van der Waals surface area contributed by atoms with Crippen LogP contribution in [0, 0.1) is 5.92 Å². The summed E-state index contributed by atoms with van der Waals surface area (Å²) in [4.78, 5) is 23.9. The smallest absolute Gasteiger partial charge is 0.220 e. The Morgan fingerprint density at radius 2 is 1.92 bits per heavy atom. The van der Waals surface area contributed by atoms with Gasteiger partial charge in [-0.1, -0.05) is 6.92 Å². The molecule has 0 spiro atoms. The summed E-state index contributed by atoms with van der Waals surface area (Å²) >= 11 is 0. The summed E-state index contributed by atoms with van der Waals surface area (Å²) in [6, 6.07) is -0.155. The Balaban J connectivity index is 2.72. The van der Waals surface area contributed by atoms with E-state index in [0.29, 0.717) is 5.92 Å². The van der Waals surface area contributed by atoms with Crippen LogP contribution < -0.4 is 0 Å². The molecule has 2 atom stereocenters. The van der Waals surface area contributed by atoms with Crippen molar-refractivity contribution in [3.63, 3.8) is 0 Å². The van der Waals surface area contributed by atoms with Crippen LogP contribution in [0.5, 0.6) is 0 Å². The molecule has 1 aliphatic rings. The van der Waals surface area contributed by atoms with Gasteiger partial charge in [0.05, 0.1) is 6.04 Å². The molecule has 1 heterocycles. The van der Waals surface area contributed by atoms with Gasteiger partial charge in [0, 0.05) is 13.5 Å². The highest BCUT2D eigenvalue weighted by Crippen LogP contribution is 2.23. The van der Waals surface area contributed by atoms with E-state index >= 15 is 0 Å². The van der Waals surface area contributed by atoms with Crippen LogP contribution in [0.25, 0.3) is 0 Å². The van der Waals surface area contributed by atoms with Gasteiger partial charge in [0.15, 0.2) is 5.78 Å². The standard InChI is InChI=1S/C9H15NO2/c1-6-4-9(7(2)11)10(5-6)8(3)12/h6,9H,4-5H2,1-3H3/t6-,9-/m0/s1. The van der Waals surface area contributed by atoms with Gasteiger partial charge in [-0.2, -0.15) is 0 Å². The Kier molecular flexibility index (Phi) is 2.50. The van der Waals surface area contributed by atoms with E-state index in [4.69, 9.17) is 0 Å². The van der Waals surface area contributed by atoms with Gasteiger partial charge in [0.2, 0.25) is 5.91 Å². The van der Waals surface area contributed by atoms with Crippen molar-refractivity contribution in [1.29, 1.82) is 0 Å². The van der Waals surface area contributed by atoms with Crippen molar-refractivity contribution >= 4 is 11.7 Å². The van der Waals surface area contributed by atoms with Crippen LogP contribution >= 0.6 is 0 Å². The van der Waals surface area contributed by atoms with E-state index in [0.717, 1.165) is 13.0 Å². The topological polar surface area (TPSA) is 37.4 Å². The van der Waals surface area contributed by atoms with E-state index in [2.05, 4.69) is 6.92 Å². The fourth-order valence-electron chi connectivity index (χ4n) is 1.78. The van der Waals surface area contributed by atoms with Crippen LogP contribution in [-0.2, 0) is 9.59 Å². The second-order valence-corrected chi connectivity index (χ2v) is 3.64. The van der Waals surface area contributed by atoms with Crippen LogP contribution in [-0.4, -0.2) is 29.2 Å². The first-order chi connectivity index (χ1) is 5.52. The van der Waals surface area contributed by atoms with Crippen molar-refractivity contribution in [3.8, 4) is 0 Å². The number of ketones is 1. The van der Waals surface area contributed by atoms with Crippen LogP contribution in [0.2, 0.25) is 0 Å². The maximum absolute atomic E-state index is 11.1. The lowest BCUT2D eigenvalue weighted by molar-refractivity contribution is -0.135. The Labute approximate surface area is 72.7 Å². The second kappa shape index (κ2) is 3.25. The van der Waals surface area contributed by atoms with Gasteiger partial charge in [-0.15, -0.1) is 0 Å². The predicted octanol–water partition coefficient (Wildman–Crippen LogP) is 0.832.